The Morgan fingerprint density at radius 2 is 0.566 bits per heavy atom. The Hall–Kier alpha value is -4.43. The molecule has 0 aromatic carbocycles. The maximum atomic E-state index is 13.3. The molecule has 22 nitrogen and oxygen atoms in total. The Labute approximate surface area is 505 Å². The normalized spacial score (nSPS) is 23.1. The van der Waals surface area contributed by atoms with Gasteiger partial charge >= 0.3 is 65.7 Å². The Morgan fingerprint density at radius 3 is 0.831 bits per heavy atom. The van der Waals surface area contributed by atoms with Crippen molar-refractivity contribution in [1.82, 2.24) is 0 Å². The summed E-state index contributed by atoms with van der Waals surface area (Å²) >= 11 is 3.79. The molecular formula is C57H90O22S4. The van der Waals surface area contributed by atoms with Gasteiger partial charge in [-0.2, -0.15) is 0 Å². The van der Waals surface area contributed by atoms with Crippen molar-refractivity contribution in [1.29, 1.82) is 0 Å². The van der Waals surface area contributed by atoms with Crippen molar-refractivity contribution in [2.24, 2.45) is 0 Å². The topological polar surface area (TPSA) is 311 Å². The van der Waals surface area contributed by atoms with Gasteiger partial charge in [0, 0.05) is 0 Å². The van der Waals surface area contributed by atoms with Crippen LogP contribution in [0.5, 0.6) is 0 Å². The first-order chi connectivity index (χ1) is 40.1. The van der Waals surface area contributed by atoms with E-state index in [1.54, 1.807) is 0 Å². The van der Waals surface area contributed by atoms with Crippen molar-refractivity contribution in [3.05, 3.63) is 0 Å². The number of carbonyl (C=O) groups excluding carboxylic acids is 9. The second-order valence-electron chi connectivity index (χ2n) is 20.0. The van der Waals surface area contributed by atoms with Crippen LogP contribution < -0.4 is 0 Å². The number of ether oxygens (including phenoxy) is 9. The minimum absolute atomic E-state index is 0.00793. The molecule has 2 fully saturated rings. The zero-order chi connectivity index (χ0) is 60.6. The molecule has 0 amide bonds. The van der Waals surface area contributed by atoms with Gasteiger partial charge in [0.1, 0.15) is 21.0 Å². The fourth-order valence-corrected chi connectivity index (χ4v) is 11.7. The minimum Gasteiger partial charge on any atom is -0.481 e. The summed E-state index contributed by atoms with van der Waals surface area (Å²) in [6.45, 7) is 1.14. The van der Waals surface area contributed by atoms with Gasteiger partial charge in [0.25, 0.3) is 0 Å². The van der Waals surface area contributed by atoms with Crippen molar-refractivity contribution in [3.63, 3.8) is 0 Å². The summed E-state index contributed by atoms with van der Waals surface area (Å²) in [5, 5.41) is 14.4. The highest BCUT2D eigenvalue weighted by Crippen LogP contribution is 2.23. The van der Waals surface area contributed by atoms with Crippen LogP contribution in [0.3, 0.4) is 0 Å². The third kappa shape index (κ3) is 42.1. The molecule has 2 saturated heterocycles. The van der Waals surface area contributed by atoms with E-state index >= 15 is 0 Å². The molecule has 2 rings (SSSR count). The number of aliphatic carboxylic acids is 2. The van der Waals surface area contributed by atoms with Gasteiger partial charge in [-0.05, 0) is 63.5 Å². The monoisotopic (exact) mass is 1250 g/mol. The molecule has 2 aliphatic rings. The fourth-order valence-electron chi connectivity index (χ4n) is 8.16. The highest BCUT2D eigenvalue weighted by molar-refractivity contribution is 8.01. The summed E-state index contributed by atoms with van der Waals surface area (Å²) in [5.41, 5.74) is 0. The van der Waals surface area contributed by atoms with Crippen LogP contribution in [0.4, 0.5) is 0 Å². The molecule has 0 bridgehead atoms. The molecule has 26 heteroatoms. The average Bonchev–Trinajstić information content (AvgIpc) is 3.45. The molecule has 0 spiro atoms. The molecule has 2 heterocycles. The van der Waals surface area contributed by atoms with E-state index in [4.69, 9.17) is 52.8 Å². The Bertz CT molecular complexity index is 1920. The van der Waals surface area contributed by atoms with Crippen LogP contribution in [0.15, 0.2) is 0 Å². The third-order valence-corrected chi connectivity index (χ3v) is 17.5. The van der Waals surface area contributed by atoms with Crippen LogP contribution in [0.25, 0.3) is 0 Å². The summed E-state index contributed by atoms with van der Waals surface area (Å²) in [6, 6.07) is 0. The molecule has 0 aromatic rings. The maximum Gasteiger partial charge on any atom is 0.319 e. The van der Waals surface area contributed by atoms with Gasteiger partial charge in [-0.1, -0.05) is 103 Å². The van der Waals surface area contributed by atoms with Gasteiger partial charge in [0.2, 0.25) is 0 Å². The molecule has 0 aromatic heterocycles. The van der Waals surface area contributed by atoms with E-state index in [0.717, 1.165) is 138 Å². The zero-order valence-electron chi connectivity index (χ0n) is 48.2. The number of carboxylic acid groups (broad SMARTS) is 2. The van der Waals surface area contributed by atoms with Gasteiger partial charge in [-0.25, -0.2) is 0 Å². The van der Waals surface area contributed by atoms with E-state index in [9.17, 15) is 52.7 Å². The molecule has 0 saturated carbocycles. The van der Waals surface area contributed by atoms with Crippen LogP contribution in [0.1, 0.15) is 186 Å². The zero-order valence-corrected chi connectivity index (χ0v) is 51.5. The Morgan fingerprint density at radius 1 is 0.337 bits per heavy atom. The molecule has 4 unspecified atom stereocenters. The fraction of sp³-hybridized carbons (Fsp3) is 0.807. The van der Waals surface area contributed by atoms with Gasteiger partial charge in [0.15, 0.2) is 0 Å². The van der Waals surface area contributed by atoms with E-state index in [0.29, 0.717) is 63.5 Å². The average molecular weight is 1260 g/mol. The number of carboxylic acids is 2. The van der Waals surface area contributed by atoms with Crippen molar-refractivity contribution in [3.8, 4) is 0 Å². The van der Waals surface area contributed by atoms with E-state index in [1.807, 2.05) is 0 Å². The Kier molecular flexibility index (Phi) is 44.8. The number of carbonyl (C=O) groups is 11. The predicted octanol–water partition coefficient (Wildman–Crippen LogP) is 8.79. The molecule has 4 atom stereocenters. The molecule has 0 aliphatic carbocycles. The largest absolute Gasteiger partial charge is 0.481 e. The smallest absolute Gasteiger partial charge is 0.319 e. The second kappa shape index (κ2) is 49.8. The van der Waals surface area contributed by atoms with Crippen LogP contribution in [-0.4, -0.2) is 179 Å². The molecule has 2 N–H and O–H groups in total. The van der Waals surface area contributed by atoms with E-state index in [1.165, 1.54) is 11.8 Å². The van der Waals surface area contributed by atoms with Crippen molar-refractivity contribution >= 4 is 113 Å². The van der Waals surface area contributed by atoms with Crippen molar-refractivity contribution < 1.29 is 106 Å². The molecule has 83 heavy (non-hydrogen) atoms. The van der Waals surface area contributed by atoms with Crippen LogP contribution in [0, 0.1) is 0 Å². The third-order valence-electron chi connectivity index (χ3n) is 12.7. The predicted molar refractivity (Wildman–Crippen MR) is 313 cm³/mol. The first kappa shape index (κ1) is 74.7. The SMILES string of the molecule is O=C(O)CSC1CC(=O)OCCCCCCCCOC(=O)C(SCCCOC(=O)CSC2CC(=O)OCCCCCCCCOC(=O)C(SCC(=O)O)CC(=O)OCCCCCCCCOC2=O)CC(=O)OCCCCCCCCOC1=O. The van der Waals surface area contributed by atoms with E-state index in [-0.39, 0.29) is 102 Å². The number of thioether (sulfide) groups is 4. The number of rotatable bonds is 14. The van der Waals surface area contributed by atoms with Crippen molar-refractivity contribution in [2.45, 2.75) is 207 Å². The number of hydrogen-bond donors (Lipinski definition) is 2. The summed E-state index contributed by atoms with van der Waals surface area (Å²) in [6.07, 6.45) is 16.7. The first-order valence-corrected chi connectivity index (χ1v) is 33.7. The van der Waals surface area contributed by atoms with Gasteiger partial charge < -0.3 is 52.8 Å². The highest BCUT2D eigenvalue weighted by Gasteiger charge is 2.30. The lowest BCUT2D eigenvalue weighted by Crippen LogP contribution is -2.27. The summed E-state index contributed by atoms with van der Waals surface area (Å²) < 4.78 is 48.9. The molecule has 474 valence electrons. The van der Waals surface area contributed by atoms with E-state index in [2.05, 4.69) is 0 Å². The van der Waals surface area contributed by atoms with Crippen LogP contribution in [0.2, 0.25) is 0 Å². The van der Waals surface area contributed by atoms with Gasteiger partial charge in [-0.3, -0.25) is 52.7 Å². The Balaban J connectivity index is 1.87. The lowest BCUT2D eigenvalue weighted by molar-refractivity contribution is -0.150. The van der Waals surface area contributed by atoms with Crippen LogP contribution in [-0.2, 0) is 95.4 Å². The molecular weight excluding hydrogens is 1160 g/mol. The van der Waals surface area contributed by atoms with Gasteiger partial charge in [-0.15, -0.1) is 47.0 Å². The number of hydrogen-bond acceptors (Lipinski definition) is 24. The molecule has 0 radical (unpaired) electrons. The maximum absolute atomic E-state index is 13.3. The molecule has 2 aliphatic heterocycles. The lowest BCUT2D eigenvalue weighted by atomic mass is 10.1. The van der Waals surface area contributed by atoms with E-state index < -0.39 is 86.7 Å². The number of cyclic esters (lactones) is 8. The summed E-state index contributed by atoms with van der Waals surface area (Å²) in [4.78, 5) is 138. The van der Waals surface area contributed by atoms with Gasteiger partial charge in [0.05, 0.1) is 102 Å². The summed E-state index contributed by atoms with van der Waals surface area (Å²) in [5.74, 6) is -8.28. The summed E-state index contributed by atoms with van der Waals surface area (Å²) in [7, 11) is 0. The number of esters is 9. The van der Waals surface area contributed by atoms with Crippen molar-refractivity contribution in [2.75, 3.05) is 82.5 Å². The first-order valence-electron chi connectivity index (χ1n) is 29.5. The van der Waals surface area contributed by atoms with Crippen LogP contribution >= 0.6 is 47.0 Å². The lowest BCUT2D eigenvalue weighted by Gasteiger charge is -2.16. The highest BCUT2D eigenvalue weighted by atomic mass is 32.2. The quantitative estimate of drug-likeness (QED) is 0.0932. The standard InChI is InChI=1S/C57H90O22S4/c58-47(59)40-81-44-37-50(63)72-27-18-10-1-5-13-21-30-76-54(67)43(36-49(62)71-26-17-9-2-6-14-22-31-77-55(44)68)80-35-25-34-75-53(66)42-83-46-39-52(65)74-29-20-12-3-7-15-23-32-78-56(69)45(82-41-48(60)61)38-51(64)73-28-19-11-4-8-16-24-33-79-57(46)70/h43-46H,1-42H2,(H,58,59)(H,60,61). The second-order valence-corrected chi connectivity index (χ2v) is 24.9. The minimum atomic E-state index is -1.11.